The third kappa shape index (κ3) is 1.66. The van der Waals surface area contributed by atoms with Crippen LogP contribution >= 0.6 is 0 Å². The minimum atomic E-state index is -1.03. The highest BCUT2D eigenvalue weighted by molar-refractivity contribution is 5.75. The first-order chi connectivity index (χ1) is 6.75. The largest absolute Gasteiger partial charge is 0.465 e. The zero-order chi connectivity index (χ0) is 9.97. The second kappa shape index (κ2) is 3.37. The number of hydrogen-bond acceptors (Lipinski definition) is 2. The fourth-order valence-electron chi connectivity index (χ4n) is 1.28. The number of aromatic nitrogens is 2. The lowest BCUT2D eigenvalue weighted by atomic mass is 10.4. The van der Waals surface area contributed by atoms with Crippen LogP contribution in [-0.4, -0.2) is 21.2 Å². The molecular formula is C9H9N3O2. The first-order valence-corrected chi connectivity index (χ1v) is 4.15. The maximum Gasteiger partial charge on any atom is 0.404 e. The number of aromatic amines is 1. The van der Waals surface area contributed by atoms with E-state index in [1.807, 2.05) is 18.2 Å². The van der Waals surface area contributed by atoms with Crippen LogP contribution in [0.25, 0.3) is 11.0 Å². The standard InChI is InChI=1S/C9H9N3O2/c13-9(14)11-5-6-4-8-7(12-6)2-1-3-10-8/h1-4,11-12H,5H2,(H,13,14). The summed E-state index contributed by atoms with van der Waals surface area (Å²) in [7, 11) is 0. The van der Waals surface area contributed by atoms with Gasteiger partial charge in [-0.25, -0.2) is 4.79 Å². The van der Waals surface area contributed by atoms with Crippen molar-refractivity contribution >= 4 is 17.1 Å². The Morgan fingerprint density at radius 1 is 1.64 bits per heavy atom. The number of carboxylic acid groups (broad SMARTS) is 1. The maximum absolute atomic E-state index is 10.2. The summed E-state index contributed by atoms with van der Waals surface area (Å²) in [6.07, 6.45) is 0.668. The van der Waals surface area contributed by atoms with Gasteiger partial charge in [-0.15, -0.1) is 0 Å². The molecule has 2 aromatic heterocycles. The molecule has 14 heavy (non-hydrogen) atoms. The summed E-state index contributed by atoms with van der Waals surface area (Å²) in [4.78, 5) is 17.4. The van der Waals surface area contributed by atoms with Crippen LogP contribution in [0.1, 0.15) is 5.69 Å². The summed E-state index contributed by atoms with van der Waals surface area (Å²) in [5.74, 6) is 0. The summed E-state index contributed by atoms with van der Waals surface area (Å²) in [5.41, 5.74) is 2.56. The van der Waals surface area contributed by atoms with Gasteiger partial charge >= 0.3 is 6.09 Å². The number of pyridine rings is 1. The monoisotopic (exact) mass is 191 g/mol. The molecule has 0 aliphatic rings. The van der Waals surface area contributed by atoms with Gasteiger partial charge < -0.3 is 15.4 Å². The van der Waals surface area contributed by atoms with Crippen molar-refractivity contribution in [2.75, 3.05) is 0 Å². The Morgan fingerprint density at radius 3 is 3.21 bits per heavy atom. The molecule has 2 rings (SSSR count). The highest BCUT2D eigenvalue weighted by Crippen LogP contribution is 2.11. The second-order valence-electron chi connectivity index (χ2n) is 2.89. The van der Waals surface area contributed by atoms with Crippen molar-refractivity contribution in [2.24, 2.45) is 0 Å². The van der Waals surface area contributed by atoms with Crippen LogP contribution < -0.4 is 5.32 Å². The number of nitrogens with zero attached hydrogens (tertiary/aromatic N) is 1. The summed E-state index contributed by atoms with van der Waals surface area (Å²) in [6.45, 7) is 0.270. The Morgan fingerprint density at radius 2 is 2.50 bits per heavy atom. The number of amides is 1. The van der Waals surface area contributed by atoms with E-state index in [-0.39, 0.29) is 6.54 Å². The molecule has 3 N–H and O–H groups in total. The molecule has 0 saturated carbocycles. The molecule has 2 aromatic rings. The van der Waals surface area contributed by atoms with Gasteiger partial charge in [0.05, 0.1) is 17.6 Å². The normalized spacial score (nSPS) is 10.3. The molecule has 0 saturated heterocycles. The molecule has 0 atom stereocenters. The van der Waals surface area contributed by atoms with Gasteiger partial charge in [0.1, 0.15) is 0 Å². The predicted molar refractivity (Wildman–Crippen MR) is 51.0 cm³/mol. The number of fused-ring (bicyclic) bond motifs is 1. The summed E-state index contributed by atoms with van der Waals surface area (Å²) in [6, 6.07) is 5.55. The highest BCUT2D eigenvalue weighted by Gasteiger charge is 2.01. The van der Waals surface area contributed by atoms with Gasteiger partial charge in [0, 0.05) is 11.9 Å². The summed E-state index contributed by atoms with van der Waals surface area (Å²) < 4.78 is 0. The van der Waals surface area contributed by atoms with Crippen LogP contribution in [0.15, 0.2) is 24.4 Å². The van der Waals surface area contributed by atoms with Crippen molar-refractivity contribution in [1.29, 1.82) is 0 Å². The van der Waals surface area contributed by atoms with Gasteiger partial charge in [-0.1, -0.05) is 0 Å². The summed E-state index contributed by atoms with van der Waals surface area (Å²) in [5, 5.41) is 10.7. The SMILES string of the molecule is O=C(O)NCc1cc2ncccc2[nH]1. The van der Waals surface area contributed by atoms with Crippen molar-refractivity contribution in [3.8, 4) is 0 Å². The number of carbonyl (C=O) groups is 1. The average Bonchev–Trinajstić information content (AvgIpc) is 2.57. The van der Waals surface area contributed by atoms with Crippen LogP contribution in [0.4, 0.5) is 4.79 Å². The minimum absolute atomic E-state index is 0.270. The average molecular weight is 191 g/mol. The van der Waals surface area contributed by atoms with Crippen molar-refractivity contribution in [3.05, 3.63) is 30.1 Å². The summed E-state index contributed by atoms with van der Waals surface area (Å²) >= 11 is 0. The van der Waals surface area contributed by atoms with Crippen molar-refractivity contribution in [2.45, 2.75) is 6.54 Å². The van der Waals surface area contributed by atoms with E-state index in [9.17, 15) is 4.79 Å². The van der Waals surface area contributed by atoms with Crippen molar-refractivity contribution in [3.63, 3.8) is 0 Å². The molecule has 0 aliphatic carbocycles. The van der Waals surface area contributed by atoms with Crippen molar-refractivity contribution < 1.29 is 9.90 Å². The molecule has 1 amide bonds. The first kappa shape index (κ1) is 8.55. The minimum Gasteiger partial charge on any atom is -0.465 e. The molecule has 0 fully saturated rings. The number of hydrogen-bond donors (Lipinski definition) is 3. The smallest absolute Gasteiger partial charge is 0.404 e. The van der Waals surface area contributed by atoms with E-state index in [0.29, 0.717) is 0 Å². The second-order valence-corrected chi connectivity index (χ2v) is 2.89. The van der Waals surface area contributed by atoms with Crippen LogP contribution in [0.5, 0.6) is 0 Å². The van der Waals surface area contributed by atoms with E-state index >= 15 is 0 Å². The Hall–Kier alpha value is -2.04. The van der Waals surface area contributed by atoms with Crippen LogP contribution in [-0.2, 0) is 6.54 Å². The van der Waals surface area contributed by atoms with Crippen molar-refractivity contribution in [1.82, 2.24) is 15.3 Å². The molecule has 0 bridgehead atoms. The molecule has 5 heteroatoms. The Balaban J connectivity index is 2.22. The molecule has 0 aromatic carbocycles. The van der Waals surface area contributed by atoms with Gasteiger partial charge in [-0.3, -0.25) is 4.98 Å². The van der Waals surface area contributed by atoms with E-state index in [4.69, 9.17) is 5.11 Å². The van der Waals surface area contributed by atoms with Gasteiger partial charge in [-0.2, -0.15) is 0 Å². The molecular weight excluding hydrogens is 182 g/mol. The lowest BCUT2D eigenvalue weighted by Crippen LogP contribution is -2.19. The zero-order valence-electron chi connectivity index (χ0n) is 7.32. The molecule has 5 nitrogen and oxygen atoms in total. The van der Waals surface area contributed by atoms with E-state index < -0.39 is 6.09 Å². The number of H-pyrrole nitrogens is 1. The molecule has 0 radical (unpaired) electrons. The third-order valence-electron chi connectivity index (χ3n) is 1.87. The van der Waals surface area contributed by atoms with E-state index in [1.165, 1.54) is 0 Å². The zero-order valence-corrected chi connectivity index (χ0v) is 7.32. The molecule has 72 valence electrons. The topological polar surface area (TPSA) is 78.0 Å². The van der Waals surface area contributed by atoms with E-state index in [2.05, 4.69) is 15.3 Å². The first-order valence-electron chi connectivity index (χ1n) is 4.15. The maximum atomic E-state index is 10.2. The van der Waals surface area contributed by atoms with Gasteiger partial charge in [0.25, 0.3) is 0 Å². The number of nitrogens with one attached hydrogen (secondary N) is 2. The van der Waals surface area contributed by atoms with E-state index in [0.717, 1.165) is 16.7 Å². The Labute approximate surface area is 79.8 Å². The van der Waals surface area contributed by atoms with Gasteiger partial charge in [-0.05, 0) is 18.2 Å². The van der Waals surface area contributed by atoms with E-state index in [1.54, 1.807) is 6.20 Å². The van der Waals surface area contributed by atoms with Gasteiger partial charge in [0.15, 0.2) is 0 Å². The quantitative estimate of drug-likeness (QED) is 0.670. The Bertz CT molecular complexity index is 431. The molecule has 0 unspecified atom stereocenters. The third-order valence-corrected chi connectivity index (χ3v) is 1.87. The van der Waals surface area contributed by atoms with Gasteiger partial charge in [0.2, 0.25) is 0 Å². The predicted octanol–water partition coefficient (Wildman–Crippen LogP) is 1.33. The van der Waals surface area contributed by atoms with Crippen LogP contribution in [0.2, 0.25) is 0 Å². The fourth-order valence-corrected chi connectivity index (χ4v) is 1.28. The molecule has 0 spiro atoms. The fraction of sp³-hybridized carbons (Fsp3) is 0.111. The molecule has 2 heterocycles. The highest BCUT2D eigenvalue weighted by atomic mass is 16.4. The lowest BCUT2D eigenvalue weighted by molar-refractivity contribution is 0.194. The van der Waals surface area contributed by atoms with Crippen LogP contribution in [0, 0.1) is 0 Å². The van der Waals surface area contributed by atoms with Crippen LogP contribution in [0.3, 0.4) is 0 Å². The Kier molecular flexibility index (Phi) is 2.06. The number of rotatable bonds is 2. The molecule has 0 aliphatic heterocycles. The lowest BCUT2D eigenvalue weighted by Gasteiger charge is -1.95.